The van der Waals surface area contributed by atoms with Gasteiger partial charge in [-0.15, -0.1) is 0 Å². The summed E-state index contributed by atoms with van der Waals surface area (Å²) in [4.78, 5) is 24.3. The highest BCUT2D eigenvalue weighted by atomic mass is 16.5. The van der Waals surface area contributed by atoms with Crippen molar-refractivity contribution in [1.82, 2.24) is 5.32 Å². The van der Waals surface area contributed by atoms with Crippen molar-refractivity contribution in [3.8, 4) is 0 Å². The number of ether oxygens (including phenoxy) is 1. The average Bonchev–Trinajstić information content (AvgIpc) is 3.20. The molecule has 3 N–H and O–H groups in total. The lowest BCUT2D eigenvalue weighted by molar-refractivity contribution is -0.143. The quantitative estimate of drug-likeness (QED) is 0.0325. The van der Waals surface area contributed by atoms with Gasteiger partial charge in [-0.05, 0) is 51.4 Å². The van der Waals surface area contributed by atoms with Crippen molar-refractivity contribution in [2.45, 2.75) is 257 Å². The maximum absolute atomic E-state index is 12.3. The van der Waals surface area contributed by atoms with E-state index in [9.17, 15) is 19.8 Å². The smallest absolute Gasteiger partial charge is 0.305 e. The van der Waals surface area contributed by atoms with E-state index in [4.69, 9.17) is 4.74 Å². The van der Waals surface area contributed by atoms with E-state index < -0.39 is 12.1 Å². The van der Waals surface area contributed by atoms with Gasteiger partial charge < -0.3 is 20.3 Å². The maximum Gasteiger partial charge on any atom is 0.305 e. The summed E-state index contributed by atoms with van der Waals surface area (Å²) in [5.74, 6) is -0.168. The summed E-state index contributed by atoms with van der Waals surface area (Å²) in [5.41, 5.74) is 0. The molecular weight excluding hydrogens is 695 g/mol. The second-order valence-corrected chi connectivity index (χ2v) is 16.4. The van der Waals surface area contributed by atoms with Gasteiger partial charge in [-0.25, -0.2) is 0 Å². The minimum absolute atomic E-state index is 0.0162. The third-order valence-electron chi connectivity index (χ3n) is 10.9. The Morgan fingerprint density at radius 1 is 0.500 bits per heavy atom. The zero-order valence-corrected chi connectivity index (χ0v) is 37.1. The number of hydrogen-bond acceptors (Lipinski definition) is 5. The summed E-state index contributed by atoms with van der Waals surface area (Å²) in [6.45, 7) is 4.81. The predicted molar refractivity (Wildman–Crippen MR) is 241 cm³/mol. The van der Waals surface area contributed by atoms with Gasteiger partial charge in [0.05, 0.1) is 25.4 Å². The van der Waals surface area contributed by atoms with E-state index in [0.29, 0.717) is 25.9 Å². The molecule has 6 nitrogen and oxygen atoms in total. The van der Waals surface area contributed by atoms with Crippen LogP contribution in [0.4, 0.5) is 0 Å². The molecule has 6 heteroatoms. The molecule has 0 heterocycles. The molecule has 0 aromatic carbocycles. The first kappa shape index (κ1) is 54.1. The van der Waals surface area contributed by atoms with Crippen LogP contribution in [0.3, 0.4) is 0 Å². The Hall–Kier alpha value is -1.92. The minimum Gasteiger partial charge on any atom is -0.466 e. The summed E-state index contributed by atoms with van der Waals surface area (Å²) in [6, 6.07) is -0.669. The fourth-order valence-corrected chi connectivity index (χ4v) is 7.15. The first-order valence-corrected chi connectivity index (χ1v) is 24.3. The van der Waals surface area contributed by atoms with Crippen molar-refractivity contribution in [1.29, 1.82) is 0 Å². The van der Waals surface area contributed by atoms with Crippen LogP contribution in [0, 0.1) is 0 Å². The molecule has 0 aliphatic heterocycles. The lowest BCUT2D eigenvalue weighted by Crippen LogP contribution is -2.45. The van der Waals surface area contributed by atoms with E-state index in [1.807, 2.05) is 12.2 Å². The molecule has 0 aliphatic carbocycles. The van der Waals surface area contributed by atoms with Gasteiger partial charge in [-0.1, -0.05) is 217 Å². The minimum atomic E-state index is -0.877. The van der Waals surface area contributed by atoms with E-state index in [-0.39, 0.29) is 18.5 Å². The fourth-order valence-electron chi connectivity index (χ4n) is 7.15. The number of aliphatic hydroxyl groups is 2. The Balaban J connectivity index is 3.54. The number of allylic oxidation sites excluding steroid dienone is 5. The molecule has 0 rings (SSSR count). The second kappa shape index (κ2) is 45.8. The van der Waals surface area contributed by atoms with E-state index in [1.165, 1.54) is 161 Å². The Kier molecular flexibility index (Phi) is 44.2. The molecule has 0 aromatic heterocycles. The summed E-state index contributed by atoms with van der Waals surface area (Å²) in [6.07, 6.45) is 54.4. The molecule has 0 bridgehead atoms. The highest BCUT2D eigenvalue weighted by Gasteiger charge is 2.17. The molecule has 2 unspecified atom stereocenters. The standard InChI is InChI=1S/C50H93NO5/c1-3-5-7-9-11-13-15-16-17-18-21-24-28-32-36-40-44-50(55)56-45-41-37-33-29-25-22-19-20-23-27-31-35-39-43-49(54)51-47(46-52)48(53)42-38-34-30-26-14-12-10-8-6-4-2/h20,23,31,35,38,42,47-48,52-53H,3-19,21-22,24-30,32-34,36-37,39-41,43-46H2,1-2H3,(H,51,54)/b23-20-,35-31-,42-38+. The number of esters is 1. The van der Waals surface area contributed by atoms with Crippen LogP contribution in [0.2, 0.25) is 0 Å². The van der Waals surface area contributed by atoms with Crippen molar-refractivity contribution in [2.75, 3.05) is 13.2 Å². The molecule has 0 spiro atoms. The van der Waals surface area contributed by atoms with Crippen molar-refractivity contribution < 1.29 is 24.5 Å². The molecule has 2 atom stereocenters. The van der Waals surface area contributed by atoms with E-state index >= 15 is 0 Å². The number of unbranched alkanes of at least 4 members (excludes halogenated alkanes) is 29. The monoisotopic (exact) mass is 788 g/mol. The zero-order valence-electron chi connectivity index (χ0n) is 37.1. The molecule has 56 heavy (non-hydrogen) atoms. The van der Waals surface area contributed by atoms with Gasteiger partial charge >= 0.3 is 5.97 Å². The van der Waals surface area contributed by atoms with Gasteiger partial charge in [0, 0.05) is 12.8 Å². The molecule has 0 fully saturated rings. The Morgan fingerprint density at radius 3 is 1.39 bits per heavy atom. The lowest BCUT2D eigenvalue weighted by Gasteiger charge is -2.19. The third kappa shape index (κ3) is 41.7. The van der Waals surface area contributed by atoms with Crippen LogP contribution >= 0.6 is 0 Å². The van der Waals surface area contributed by atoms with Crippen LogP contribution in [0.1, 0.15) is 245 Å². The number of carbonyl (C=O) groups is 2. The van der Waals surface area contributed by atoms with Crippen molar-refractivity contribution in [3.05, 3.63) is 36.5 Å². The van der Waals surface area contributed by atoms with Crippen LogP contribution in [-0.2, 0) is 14.3 Å². The Labute approximate surface area is 347 Å². The topological polar surface area (TPSA) is 95.9 Å². The number of amides is 1. The highest BCUT2D eigenvalue weighted by molar-refractivity contribution is 5.76. The molecular formula is C50H93NO5. The van der Waals surface area contributed by atoms with Crippen LogP contribution in [0.25, 0.3) is 0 Å². The summed E-state index contributed by atoms with van der Waals surface area (Å²) in [5, 5.41) is 22.8. The van der Waals surface area contributed by atoms with Gasteiger partial charge in [0.25, 0.3) is 0 Å². The van der Waals surface area contributed by atoms with E-state index in [2.05, 4.69) is 37.4 Å². The van der Waals surface area contributed by atoms with E-state index in [0.717, 1.165) is 51.4 Å². The van der Waals surface area contributed by atoms with Crippen LogP contribution in [0.5, 0.6) is 0 Å². The number of carbonyl (C=O) groups excluding carboxylic acids is 2. The maximum atomic E-state index is 12.3. The molecule has 0 saturated heterocycles. The van der Waals surface area contributed by atoms with Crippen molar-refractivity contribution in [2.24, 2.45) is 0 Å². The van der Waals surface area contributed by atoms with Gasteiger partial charge in [-0.3, -0.25) is 9.59 Å². The zero-order chi connectivity index (χ0) is 40.8. The highest BCUT2D eigenvalue weighted by Crippen LogP contribution is 2.15. The van der Waals surface area contributed by atoms with Crippen molar-refractivity contribution in [3.63, 3.8) is 0 Å². The molecule has 0 aliphatic rings. The molecule has 328 valence electrons. The third-order valence-corrected chi connectivity index (χ3v) is 10.9. The van der Waals surface area contributed by atoms with Crippen LogP contribution in [-0.4, -0.2) is 47.4 Å². The van der Waals surface area contributed by atoms with Crippen molar-refractivity contribution >= 4 is 11.9 Å². The molecule has 0 saturated carbocycles. The molecule has 1 amide bonds. The Bertz CT molecular complexity index is 915. The van der Waals surface area contributed by atoms with Gasteiger partial charge in [0.2, 0.25) is 5.91 Å². The molecule has 0 aromatic rings. The number of hydrogen-bond donors (Lipinski definition) is 3. The number of rotatable bonds is 44. The summed E-state index contributed by atoms with van der Waals surface area (Å²) >= 11 is 0. The predicted octanol–water partition coefficient (Wildman–Crippen LogP) is 14.1. The first-order valence-electron chi connectivity index (χ1n) is 24.3. The number of nitrogens with one attached hydrogen (secondary N) is 1. The van der Waals surface area contributed by atoms with Crippen LogP contribution < -0.4 is 5.32 Å². The molecule has 0 radical (unpaired) electrons. The number of aliphatic hydroxyl groups excluding tert-OH is 2. The summed E-state index contributed by atoms with van der Waals surface area (Å²) < 4.78 is 5.45. The fraction of sp³-hybridized carbons (Fsp3) is 0.840. The van der Waals surface area contributed by atoms with Gasteiger partial charge in [-0.2, -0.15) is 0 Å². The first-order chi connectivity index (χ1) is 27.5. The van der Waals surface area contributed by atoms with Gasteiger partial charge in [0.1, 0.15) is 0 Å². The summed E-state index contributed by atoms with van der Waals surface area (Å²) in [7, 11) is 0. The van der Waals surface area contributed by atoms with E-state index in [1.54, 1.807) is 6.08 Å². The SMILES string of the molecule is CCCCCCCCCC/C=C/C(O)C(CO)NC(=O)CC/C=C\C/C=C\CCCCCCCCOC(=O)CCCCCCCCCCCCCCCCCC. The lowest BCUT2D eigenvalue weighted by atomic mass is 10.0. The van der Waals surface area contributed by atoms with Crippen LogP contribution in [0.15, 0.2) is 36.5 Å². The average molecular weight is 788 g/mol. The van der Waals surface area contributed by atoms with Gasteiger partial charge in [0.15, 0.2) is 0 Å². The normalized spacial score (nSPS) is 13.0. The second-order valence-electron chi connectivity index (χ2n) is 16.4. The largest absolute Gasteiger partial charge is 0.466 e. The Morgan fingerprint density at radius 2 is 0.911 bits per heavy atom.